The lowest BCUT2D eigenvalue weighted by atomic mass is 9.84. The Morgan fingerprint density at radius 2 is 1.85 bits per heavy atom. The van der Waals surface area contributed by atoms with Gasteiger partial charge in [-0.25, -0.2) is 4.39 Å². The van der Waals surface area contributed by atoms with Crippen LogP contribution in [0, 0.1) is 5.82 Å². The summed E-state index contributed by atoms with van der Waals surface area (Å²) in [5.41, 5.74) is 4.99. The molecule has 0 radical (unpaired) electrons. The van der Waals surface area contributed by atoms with E-state index in [4.69, 9.17) is 4.74 Å². The highest BCUT2D eigenvalue weighted by atomic mass is 19.1. The lowest BCUT2D eigenvalue weighted by molar-refractivity contribution is -0.00220. The van der Waals surface area contributed by atoms with Crippen LogP contribution in [0.25, 0.3) is 0 Å². The van der Waals surface area contributed by atoms with Gasteiger partial charge in [-0.15, -0.1) is 0 Å². The van der Waals surface area contributed by atoms with Crippen molar-refractivity contribution >= 4 is 0 Å². The van der Waals surface area contributed by atoms with Crippen LogP contribution in [0.5, 0.6) is 0 Å². The fourth-order valence-corrected chi connectivity index (χ4v) is 3.66. The van der Waals surface area contributed by atoms with Gasteiger partial charge >= 0.3 is 0 Å². The van der Waals surface area contributed by atoms with Crippen LogP contribution in [0.2, 0.25) is 0 Å². The van der Waals surface area contributed by atoms with Gasteiger partial charge in [-0.2, -0.15) is 0 Å². The van der Waals surface area contributed by atoms with Crippen molar-refractivity contribution in [3.63, 3.8) is 0 Å². The molecule has 0 N–H and O–H groups in total. The Kier molecular flexibility index (Phi) is 2.85. The minimum atomic E-state index is -0.164. The molecule has 1 aliphatic carbocycles. The summed E-state index contributed by atoms with van der Waals surface area (Å²) in [6.45, 7) is 0.777. The Morgan fingerprint density at radius 3 is 2.80 bits per heavy atom. The molecule has 2 aromatic rings. The maximum atomic E-state index is 13.7. The summed E-state index contributed by atoms with van der Waals surface area (Å²) >= 11 is 0. The van der Waals surface area contributed by atoms with E-state index in [-0.39, 0.29) is 11.9 Å². The van der Waals surface area contributed by atoms with Crippen molar-refractivity contribution in [3.05, 3.63) is 70.5 Å². The number of halogens is 1. The Balaban J connectivity index is 1.92. The predicted octanol–water partition coefficient (Wildman–Crippen LogP) is 4.37. The summed E-state index contributed by atoms with van der Waals surface area (Å²) in [6, 6.07) is 13.7. The second-order valence-corrected chi connectivity index (χ2v) is 5.76. The van der Waals surface area contributed by atoms with Gasteiger partial charge in [0, 0.05) is 12.5 Å². The molecule has 2 aromatic carbocycles. The van der Waals surface area contributed by atoms with E-state index in [9.17, 15) is 4.39 Å². The van der Waals surface area contributed by atoms with Crippen LogP contribution in [0.1, 0.15) is 47.1 Å². The summed E-state index contributed by atoms with van der Waals surface area (Å²) in [5, 5.41) is 0. The first-order valence-electron chi connectivity index (χ1n) is 7.30. The summed E-state index contributed by atoms with van der Waals surface area (Å²) in [5.74, 6) is 0.200. The third-order valence-electron chi connectivity index (χ3n) is 4.57. The van der Waals surface area contributed by atoms with Crippen LogP contribution in [0.4, 0.5) is 4.39 Å². The Morgan fingerprint density at radius 1 is 1.00 bits per heavy atom. The van der Waals surface area contributed by atoms with E-state index in [1.54, 1.807) is 12.1 Å². The zero-order chi connectivity index (χ0) is 13.5. The summed E-state index contributed by atoms with van der Waals surface area (Å²) in [4.78, 5) is 0. The molecule has 0 amide bonds. The van der Waals surface area contributed by atoms with Crippen LogP contribution in [0.15, 0.2) is 42.5 Å². The van der Waals surface area contributed by atoms with Gasteiger partial charge in [-0.3, -0.25) is 0 Å². The van der Waals surface area contributed by atoms with Gasteiger partial charge in [-0.05, 0) is 53.6 Å². The van der Waals surface area contributed by atoms with Crippen molar-refractivity contribution in [1.82, 2.24) is 0 Å². The molecule has 20 heavy (non-hydrogen) atoms. The van der Waals surface area contributed by atoms with Crippen molar-refractivity contribution in [3.8, 4) is 0 Å². The minimum absolute atomic E-state index is 0.0121. The van der Waals surface area contributed by atoms with Crippen LogP contribution >= 0.6 is 0 Å². The smallest absolute Gasteiger partial charge is 0.123 e. The van der Waals surface area contributed by atoms with Crippen LogP contribution in [0.3, 0.4) is 0 Å². The van der Waals surface area contributed by atoms with Crippen molar-refractivity contribution in [2.45, 2.75) is 31.3 Å². The van der Waals surface area contributed by atoms with E-state index in [2.05, 4.69) is 24.3 Å². The van der Waals surface area contributed by atoms with E-state index in [0.717, 1.165) is 31.4 Å². The molecule has 1 fully saturated rings. The molecule has 1 aliphatic heterocycles. The van der Waals surface area contributed by atoms with Gasteiger partial charge < -0.3 is 4.74 Å². The number of hydrogen-bond acceptors (Lipinski definition) is 1. The third-order valence-corrected chi connectivity index (χ3v) is 4.57. The fourth-order valence-electron chi connectivity index (χ4n) is 3.66. The zero-order valence-electron chi connectivity index (χ0n) is 11.3. The lowest BCUT2D eigenvalue weighted by Crippen LogP contribution is -2.21. The molecule has 4 rings (SSSR count). The Hall–Kier alpha value is -1.67. The average molecular weight is 268 g/mol. The predicted molar refractivity (Wildman–Crippen MR) is 76.3 cm³/mol. The molecule has 2 atom stereocenters. The number of rotatable bonds is 0. The van der Waals surface area contributed by atoms with E-state index in [1.807, 2.05) is 6.07 Å². The summed E-state index contributed by atoms with van der Waals surface area (Å²) < 4.78 is 19.7. The second kappa shape index (κ2) is 4.71. The van der Waals surface area contributed by atoms with Gasteiger partial charge in [0.05, 0.1) is 6.10 Å². The first-order chi connectivity index (χ1) is 9.83. The largest absolute Gasteiger partial charge is 0.373 e. The second-order valence-electron chi connectivity index (χ2n) is 5.76. The number of fused-ring (bicyclic) bond motifs is 5. The maximum Gasteiger partial charge on any atom is 0.123 e. The number of ether oxygens (including phenoxy) is 1. The topological polar surface area (TPSA) is 9.23 Å². The van der Waals surface area contributed by atoms with Gasteiger partial charge in [-0.1, -0.05) is 30.3 Å². The molecule has 2 aliphatic rings. The molecule has 0 spiro atoms. The van der Waals surface area contributed by atoms with Gasteiger partial charge in [0.1, 0.15) is 5.82 Å². The highest BCUT2D eigenvalue weighted by Gasteiger charge is 2.34. The number of hydrogen-bond donors (Lipinski definition) is 0. The summed E-state index contributed by atoms with van der Waals surface area (Å²) in [7, 11) is 0. The van der Waals surface area contributed by atoms with E-state index < -0.39 is 0 Å². The molecule has 102 valence electrons. The van der Waals surface area contributed by atoms with Crippen LogP contribution < -0.4 is 0 Å². The third kappa shape index (κ3) is 1.87. The van der Waals surface area contributed by atoms with Crippen molar-refractivity contribution in [2.75, 3.05) is 6.61 Å². The molecule has 2 unspecified atom stereocenters. The highest BCUT2D eigenvalue weighted by molar-refractivity contribution is 5.44. The standard InChI is InChI=1S/C18H17FO/c19-14-8-7-13-10-12-4-1-2-5-15(12)16-6-3-9-20-18(16)17(13)11-14/h1-2,4-5,7-8,11,16,18H,3,6,9-10H2. The van der Waals surface area contributed by atoms with Gasteiger partial charge in [0.15, 0.2) is 0 Å². The SMILES string of the molecule is Fc1ccc2c(c1)C1OCCCC1c1ccccc1C2. The molecule has 0 saturated carbocycles. The van der Waals surface area contributed by atoms with E-state index >= 15 is 0 Å². The first-order valence-corrected chi connectivity index (χ1v) is 7.30. The summed E-state index contributed by atoms with van der Waals surface area (Å²) in [6.07, 6.45) is 3.10. The van der Waals surface area contributed by atoms with Crippen LogP contribution in [-0.4, -0.2) is 6.61 Å². The minimum Gasteiger partial charge on any atom is -0.373 e. The molecule has 1 saturated heterocycles. The van der Waals surface area contributed by atoms with Gasteiger partial charge in [0.25, 0.3) is 0 Å². The van der Waals surface area contributed by atoms with Crippen molar-refractivity contribution in [1.29, 1.82) is 0 Å². The monoisotopic (exact) mass is 268 g/mol. The molecule has 1 heterocycles. The first kappa shape index (κ1) is 12.1. The Labute approximate surface area is 118 Å². The fraction of sp³-hybridized carbons (Fsp3) is 0.333. The Bertz CT molecular complexity index is 650. The zero-order valence-corrected chi connectivity index (χ0v) is 11.3. The normalized spacial score (nSPS) is 24.2. The van der Waals surface area contributed by atoms with Crippen molar-refractivity contribution in [2.24, 2.45) is 0 Å². The molecule has 0 bridgehead atoms. The van der Waals surface area contributed by atoms with E-state index in [0.29, 0.717) is 5.92 Å². The highest BCUT2D eigenvalue weighted by Crippen LogP contribution is 2.46. The van der Waals surface area contributed by atoms with Gasteiger partial charge in [0.2, 0.25) is 0 Å². The molecule has 2 heteroatoms. The number of benzene rings is 2. The lowest BCUT2D eigenvalue weighted by Gasteiger charge is -2.32. The molecular formula is C18H17FO. The quantitative estimate of drug-likeness (QED) is 0.689. The molecule has 0 aromatic heterocycles. The molecule has 1 nitrogen and oxygen atoms in total. The van der Waals surface area contributed by atoms with Crippen molar-refractivity contribution < 1.29 is 9.13 Å². The van der Waals surface area contributed by atoms with Crippen LogP contribution in [-0.2, 0) is 11.2 Å². The average Bonchev–Trinajstić information content (AvgIpc) is 2.62. The maximum absolute atomic E-state index is 13.7. The molecular weight excluding hydrogens is 251 g/mol. The van der Waals surface area contributed by atoms with E-state index in [1.165, 1.54) is 16.7 Å².